The monoisotopic (exact) mass is 577 g/mol. The smallest absolute Gasteiger partial charge is 0.336 e. The molecule has 12 heteroatoms. The average Bonchev–Trinajstić information content (AvgIpc) is 3.40. The van der Waals surface area contributed by atoms with Crippen LogP contribution in [0.1, 0.15) is 38.0 Å². The molecule has 10 nitrogen and oxygen atoms in total. The van der Waals surface area contributed by atoms with Gasteiger partial charge in [-0.3, -0.25) is 9.59 Å². The van der Waals surface area contributed by atoms with Gasteiger partial charge in [0, 0.05) is 21.5 Å². The molecule has 0 saturated heterocycles. The maximum atomic E-state index is 12.7. The minimum Gasteiger partial charge on any atom is -0.494 e. The van der Waals surface area contributed by atoms with Gasteiger partial charge in [0.15, 0.2) is 5.13 Å². The first-order valence-corrected chi connectivity index (χ1v) is 13.7. The molecule has 0 saturated carbocycles. The van der Waals surface area contributed by atoms with Crippen LogP contribution in [0.4, 0.5) is 10.8 Å². The maximum absolute atomic E-state index is 12.7. The molecule has 0 aliphatic rings. The molecule has 40 heavy (non-hydrogen) atoms. The van der Waals surface area contributed by atoms with Crippen LogP contribution in [-0.4, -0.2) is 51.3 Å². The van der Waals surface area contributed by atoms with Crippen molar-refractivity contribution in [2.75, 3.05) is 23.0 Å². The molecule has 0 fully saturated rings. The van der Waals surface area contributed by atoms with Gasteiger partial charge in [0.2, 0.25) is 5.91 Å². The molecule has 0 aliphatic heterocycles. The van der Waals surface area contributed by atoms with E-state index in [0.717, 1.165) is 35.2 Å². The number of hydrogen-bond donors (Lipinski definition) is 4. The van der Waals surface area contributed by atoms with E-state index in [9.17, 15) is 24.3 Å². The molecule has 3 aromatic carbocycles. The third-order valence-electron chi connectivity index (χ3n) is 5.42. The minimum absolute atomic E-state index is 0.0924. The van der Waals surface area contributed by atoms with E-state index in [1.807, 2.05) is 36.6 Å². The Morgan fingerprint density at radius 3 is 2.40 bits per heavy atom. The Labute approximate surface area is 237 Å². The van der Waals surface area contributed by atoms with Crippen molar-refractivity contribution in [1.82, 2.24) is 4.98 Å². The Morgan fingerprint density at radius 1 is 0.925 bits per heavy atom. The number of aromatic nitrogens is 1. The fourth-order valence-corrected chi connectivity index (χ4v) is 5.06. The molecule has 4 N–H and O–H groups in total. The van der Waals surface area contributed by atoms with Gasteiger partial charge in [-0.25, -0.2) is 14.6 Å². The number of thiazole rings is 1. The molecule has 204 valence electrons. The summed E-state index contributed by atoms with van der Waals surface area (Å²) >= 11 is 2.56. The Hall–Kier alpha value is -4.68. The van der Waals surface area contributed by atoms with E-state index in [0.29, 0.717) is 22.3 Å². The van der Waals surface area contributed by atoms with E-state index in [1.54, 1.807) is 24.3 Å². The molecule has 0 spiro atoms. The number of ether oxygens (including phenoxy) is 1. The molecule has 2 amide bonds. The lowest BCUT2D eigenvalue weighted by atomic mass is 10.0. The number of nitrogens with one attached hydrogen (secondary N) is 2. The molecule has 0 radical (unpaired) electrons. The first-order chi connectivity index (χ1) is 19.2. The highest BCUT2D eigenvalue weighted by Gasteiger charge is 2.19. The van der Waals surface area contributed by atoms with Crippen molar-refractivity contribution >= 4 is 57.7 Å². The Bertz CT molecular complexity index is 1570. The molecule has 0 atom stereocenters. The number of aromatic carboxylic acids is 2. The normalized spacial score (nSPS) is 10.5. The third kappa shape index (κ3) is 7.24. The van der Waals surface area contributed by atoms with E-state index >= 15 is 0 Å². The summed E-state index contributed by atoms with van der Waals surface area (Å²) in [6.07, 6.45) is 0. The number of carbonyl (C=O) groups is 4. The van der Waals surface area contributed by atoms with Crippen LogP contribution in [0, 0.1) is 0 Å². The summed E-state index contributed by atoms with van der Waals surface area (Å²) in [5, 5.41) is 26.3. The number of rotatable bonds is 11. The van der Waals surface area contributed by atoms with Crippen molar-refractivity contribution < 1.29 is 34.1 Å². The van der Waals surface area contributed by atoms with Crippen LogP contribution >= 0.6 is 23.1 Å². The molecule has 0 bridgehead atoms. The Morgan fingerprint density at radius 2 is 1.70 bits per heavy atom. The summed E-state index contributed by atoms with van der Waals surface area (Å²) < 4.78 is 5.45. The number of benzene rings is 3. The summed E-state index contributed by atoms with van der Waals surface area (Å²) in [4.78, 5) is 53.2. The van der Waals surface area contributed by atoms with E-state index in [1.165, 1.54) is 23.1 Å². The van der Waals surface area contributed by atoms with E-state index < -0.39 is 23.4 Å². The van der Waals surface area contributed by atoms with Crippen LogP contribution in [0.3, 0.4) is 0 Å². The van der Waals surface area contributed by atoms with Gasteiger partial charge in [0.25, 0.3) is 5.91 Å². The van der Waals surface area contributed by atoms with Crippen molar-refractivity contribution in [1.29, 1.82) is 0 Å². The number of nitrogens with zero attached hydrogens (tertiary/aromatic N) is 1. The van der Waals surface area contributed by atoms with E-state index in [-0.39, 0.29) is 22.8 Å². The van der Waals surface area contributed by atoms with Crippen molar-refractivity contribution in [3.63, 3.8) is 0 Å². The lowest BCUT2D eigenvalue weighted by Crippen LogP contribution is -2.17. The van der Waals surface area contributed by atoms with Crippen molar-refractivity contribution in [2.24, 2.45) is 0 Å². The molecule has 0 unspecified atom stereocenters. The zero-order valence-electron chi connectivity index (χ0n) is 21.0. The molecule has 4 aromatic rings. The number of thioether (sulfide) groups is 1. The first kappa shape index (κ1) is 28.3. The fourth-order valence-electron chi connectivity index (χ4n) is 3.57. The zero-order chi connectivity index (χ0) is 28.6. The number of hydrogen-bond acceptors (Lipinski definition) is 8. The van der Waals surface area contributed by atoms with Gasteiger partial charge in [-0.15, -0.1) is 23.1 Å². The van der Waals surface area contributed by atoms with Crippen LogP contribution < -0.4 is 15.4 Å². The largest absolute Gasteiger partial charge is 0.494 e. The first-order valence-electron chi connectivity index (χ1n) is 11.9. The number of carboxylic acids is 2. The molecule has 4 rings (SSSR count). The number of amides is 2. The van der Waals surface area contributed by atoms with Crippen molar-refractivity contribution in [2.45, 2.75) is 11.8 Å². The van der Waals surface area contributed by atoms with Crippen LogP contribution in [-0.2, 0) is 4.79 Å². The molecular weight excluding hydrogens is 554 g/mol. The van der Waals surface area contributed by atoms with E-state index in [2.05, 4.69) is 15.6 Å². The zero-order valence-corrected chi connectivity index (χ0v) is 22.7. The van der Waals surface area contributed by atoms with Gasteiger partial charge in [-0.1, -0.05) is 6.07 Å². The van der Waals surface area contributed by atoms with Crippen LogP contribution in [0.2, 0.25) is 0 Å². The predicted molar refractivity (Wildman–Crippen MR) is 153 cm³/mol. The highest BCUT2D eigenvalue weighted by Crippen LogP contribution is 2.27. The van der Waals surface area contributed by atoms with Gasteiger partial charge in [0.05, 0.1) is 34.7 Å². The lowest BCUT2D eigenvalue weighted by Gasteiger charge is -2.10. The topological polar surface area (TPSA) is 155 Å². The lowest BCUT2D eigenvalue weighted by molar-refractivity contribution is -0.113. The van der Waals surface area contributed by atoms with E-state index in [4.69, 9.17) is 9.84 Å². The van der Waals surface area contributed by atoms with Crippen LogP contribution in [0.5, 0.6) is 5.75 Å². The Balaban J connectivity index is 1.34. The minimum atomic E-state index is -1.42. The van der Waals surface area contributed by atoms with Gasteiger partial charge in [-0.2, -0.15) is 0 Å². The summed E-state index contributed by atoms with van der Waals surface area (Å²) in [6, 6.07) is 17.5. The second-order valence-corrected chi connectivity index (χ2v) is 10.1. The summed E-state index contributed by atoms with van der Waals surface area (Å²) in [5.74, 6) is -2.82. The van der Waals surface area contributed by atoms with Crippen LogP contribution in [0.25, 0.3) is 11.3 Å². The van der Waals surface area contributed by atoms with Gasteiger partial charge in [-0.05, 0) is 67.6 Å². The maximum Gasteiger partial charge on any atom is 0.336 e. The van der Waals surface area contributed by atoms with Crippen LogP contribution in [0.15, 0.2) is 77.0 Å². The predicted octanol–water partition coefficient (Wildman–Crippen LogP) is 5.59. The third-order valence-corrected chi connectivity index (χ3v) is 7.17. The van der Waals surface area contributed by atoms with Crippen molar-refractivity contribution in [3.8, 4) is 17.0 Å². The second-order valence-electron chi connectivity index (χ2n) is 8.18. The number of carboxylic acid groups (broad SMARTS) is 2. The number of anilines is 2. The molecule has 1 aromatic heterocycles. The van der Waals surface area contributed by atoms with Gasteiger partial charge < -0.3 is 25.6 Å². The standard InChI is InChI=1S/C28H23N3O7S2/c1-2-38-19-9-6-16(7-10-19)23-14-40-28(30-23)31-24(32)15-39-20-5-3-4-18(13-20)29-25(33)21-11-8-17(26(34)35)12-22(21)27(36)37/h3-14H,2,15H2,1H3,(H,29,33)(H,34,35)(H,36,37)(H,30,31,32). The average molecular weight is 578 g/mol. The number of carbonyl (C=O) groups excluding carboxylic acids is 2. The summed E-state index contributed by atoms with van der Waals surface area (Å²) in [7, 11) is 0. The highest BCUT2D eigenvalue weighted by molar-refractivity contribution is 8.00. The SMILES string of the molecule is CCOc1ccc(-c2csc(NC(=O)CSc3cccc(NC(=O)c4ccc(C(=O)O)cc4C(=O)O)c3)n2)cc1. The highest BCUT2D eigenvalue weighted by atomic mass is 32.2. The van der Waals surface area contributed by atoms with Gasteiger partial charge >= 0.3 is 11.9 Å². The molecule has 1 heterocycles. The quantitative estimate of drug-likeness (QED) is 0.167. The van der Waals surface area contributed by atoms with Crippen molar-refractivity contribution in [3.05, 3.63) is 88.8 Å². The Kier molecular flexibility index (Phi) is 9.15. The summed E-state index contributed by atoms with van der Waals surface area (Å²) in [6.45, 7) is 2.50. The fraction of sp³-hybridized carbons (Fsp3) is 0.107. The summed E-state index contributed by atoms with van der Waals surface area (Å²) in [5.41, 5.74) is 1.19. The second kappa shape index (κ2) is 12.9. The molecular formula is C28H23N3O7S2. The molecule has 0 aliphatic carbocycles. The van der Waals surface area contributed by atoms with Gasteiger partial charge in [0.1, 0.15) is 5.75 Å².